The van der Waals surface area contributed by atoms with Crippen LogP contribution in [-0.2, 0) is 0 Å². The summed E-state index contributed by atoms with van der Waals surface area (Å²) in [6, 6.07) is 2.35. The van der Waals surface area contributed by atoms with Gasteiger partial charge in [-0.2, -0.15) is 5.26 Å². The van der Waals surface area contributed by atoms with Gasteiger partial charge in [0.2, 0.25) is 0 Å². The van der Waals surface area contributed by atoms with E-state index >= 15 is 0 Å². The zero-order valence-electron chi connectivity index (χ0n) is 17.6. The Morgan fingerprint density at radius 1 is 0.923 bits per heavy atom. The monoisotopic (exact) mass is 355 g/mol. The standard InChI is InChI=1S/C25H41N/c1-18(8-5-7-17-26)21-12-13-22-20-11-10-19-9-4-6-15-24(19,2)23(20)14-16-25(21,22)3/h18-23H,4-16H2,1-3H3/t18-,19?,20+,21-,22+,23+,24+,25-/m1/s1. The van der Waals surface area contributed by atoms with Gasteiger partial charge in [0.1, 0.15) is 0 Å². The second kappa shape index (κ2) is 7.14. The van der Waals surface area contributed by atoms with Crippen LogP contribution >= 0.6 is 0 Å². The third kappa shape index (κ3) is 2.86. The van der Waals surface area contributed by atoms with Crippen LogP contribution in [0.25, 0.3) is 0 Å². The molecule has 0 N–H and O–H groups in total. The third-order valence-electron chi connectivity index (χ3n) is 10.3. The number of fused-ring (bicyclic) bond motifs is 5. The Hall–Kier alpha value is -0.510. The van der Waals surface area contributed by atoms with E-state index in [1.54, 1.807) is 6.42 Å². The van der Waals surface area contributed by atoms with Gasteiger partial charge < -0.3 is 0 Å². The van der Waals surface area contributed by atoms with Gasteiger partial charge in [0.25, 0.3) is 0 Å². The predicted octanol–water partition coefficient (Wildman–Crippen LogP) is 7.37. The molecule has 26 heavy (non-hydrogen) atoms. The summed E-state index contributed by atoms with van der Waals surface area (Å²) in [6.45, 7) is 7.88. The quantitative estimate of drug-likeness (QED) is 0.483. The second-order valence-corrected chi connectivity index (χ2v) is 11.2. The first-order valence-corrected chi connectivity index (χ1v) is 11.9. The van der Waals surface area contributed by atoms with Crippen LogP contribution in [0.15, 0.2) is 0 Å². The van der Waals surface area contributed by atoms with Crippen LogP contribution in [-0.4, -0.2) is 0 Å². The van der Waals surface area contributed by atoms with Crippen LogP contribution in [0, 0.1) is 57.7 Å². The Labute approximate surface area is 162 Å². The van der Waals surface area contributed by atoms with E-state index < -0.39 is 0 Å². The molecule has 1 nitrogen and oxygen atoms in total. The van der Waals surface area contributed by atoms with Gasteiger partial charge in [0, 0.05) is 6.42 Å². The van der Waals surface area contributed by atoms with Crippen LogP contribution in [0.3, 0.4) is 0 Å². The molecule has 8 atom stereocenters. The highest BCUT2D eigenvalue weighted by Gasteiger charge is 2.59. The summed E-state index contributed by atoms with van der Waals surface area (Å²) in [5, 5.41) is 8.88. The Bertz CT molecular complexity index is 547. The van der Waals surface area contributed by atoms with E-state index in [1.165, 1.54) is 64.2 Å². The van der Waals surface area contributed by atoms with Gasteiger partial charge in [-0.05, 0) is 111 Å². The van der Waals surface area contributed by atoms with Crippen LogP contribution in [0.5, 0.6) is 0 Å². The highest BCUT2D eigenvalue weighted by Crippen LogP contribution is 2.68. The lowest BCUT2D eigenvalue weighted by Crippen LogP contribution is -2.53. The second-order valence-electron chi connectivity index (χ2n) is 11.2. The summed E-state index contributed by atoms with van der Waals surface area (Å²) in [5.41, 5.74) is 1.28. The molecule has 0 saturated heterocycles. The van der Waals surface area contributed by atoms with Gasteiger partial charge in [0.05, 0.1) is 6.07 Å². The minimum Gasteiger partial charge on any atom is -0.198 e. The fourth-order valence-electron chi connectivity index (χ4n) is 8.97. The van der Waals surface area contributed by atoms with Crippen molar-refractivity contribution in [1.82, 2.24) is 0 Å². The maximum Gasteiger partial charge on any atom is 0.0621 e. The molecule has 0 amide bonds. The summed E-state index contributed by atoms with van der Waals surface area (Å²) in [5.74, 6) is 5.85. The lowest BCUT2D eigenvalue weighted by atomic mass is 9.44. The van der Waals surface area contributed by atoms with Crippen molar-refractivity contribution in [2.75, 3.05) is 0 Å². The third-order valence-corrected chi connectivity index (χ3v) is 10.3. The maximum absolute atomic E-state index is 8.88. The molecule has 0 bridgehead atoms. The van der Waals surface area contributed by atoms with Crippen molar-refractivity contribution >= 4 is 0 Å². The number of hydrogen-bond donors (Lipinski definition) is 0. The van der Waals surface area contributed by atoms with E-state index in [9.17, 15) is 0 Å². The van der Waals surface area contributed by atoms with Crippen molar-refractivity contribution in [1.29, 1.82) is 5.26 Å². The number of hydrogen-bond acceptors (Lipinski definition) is 1. The molecule has 4 rings (SSSR count). The van der Waals surface area contributed by atoms with Crippen molar-refractivity contribution in [3.05, 3.63) is 0 Å². The number of unbranched alkanes of at least 4 members (excludes halogenated alkanes) is 1. The van der Waals surface area contributed by atoms with Crippen molar-refractivity contribution < 1.29 is 0 Å². The van der Waals surface area contributed by atoms with Crippen molar-refractivity contribution in [2.24, 2.45) is 46.3 Å². The van der Waals surface area contributed by atoms with Gasteiger partial charge in [-0.15, -0.1) is 0 Å². The molecule has 0 heterocycles. The average molecular weight is 356 g/mol. The molecule has 0 radical (unpaired) electrons. The fraction of sp³-hybridized carbons (Fsp3) is 0.960. The normalized spacial score (nSPS) is 48.8. The van der Waals surface area contributed by atoms with Gasteiger partial charge in [-0.25, -0.2) is 0 Å². The number of nitrogens with zero attached hydrogens (tertiary/aromatic N) is 1. The highest BCUT2D eigenvalue weighted by atomic mass is 14.6. The molecule has 0 aromatic carbocycles. The molecule has 4 saturated carbocycles. The average Bonchev–Trinajstić information content (AvgIpc) is 2.98. The molecule has 4 fully saturated rings. The molecule has 4 aliphatic rings. The topological polar surface area (TPSA) is 23.8 Å². The molecule has 0 aromatic rings. The molecule has 146 valence electrons. The Morgan fingerprint density at radius 3 is 2.54 bits per heavy atom. The van der Waals surface area contributed by atoms with Crippen molar-refractivity contribution in [3.8, 4) is 6.07 Å². The van der Waals surface area contributed by atoms with Gasteiger partial charge in [-0.3, -0.25) is 0 Å². The highest BCUT2D eigenvalue weighted by molar-refractivity contribution is 5.09. The summed E-state index contributed by atoms with van der Waals surface area (Å²) >= 11 is 0. The van der Waals surface area contributed by atoms with Gasteiger partial charge in [-0.1, -0.05) is 33.6 Å². The minimum absolute atomic E-state index is 0.602. The summed E-state index contributed by atoms with van der Waals surface area (Å²) in [4.78, 5) is 0. The van der Waals surface area contributed by atoms with Crippen LogP contribution in [0.1, 0.15) is 104 Å². The molecule has 0 aromatic heterocycles. The molecule has 0 spiro atoms. The van der Waals surface area contributed by atoms with E-state index in [0.29, 0.717) is 10.8 Å². The SMILES string of the molecule is C[C@H](CCCC#N)[C@H]1CC[C@H]2[C@@H]3CCC4CCCC[C@]4(C)[C@H]3CC[C@]12C. The van der Waals surface area contributed by atoms with E-state index in [-0.39, 0.29) is 0 Å². The van der Waals surface area contributed by atoms with E-state index in [1.807, 2.05) is 0 Å². The van der Waals surface area contributed by atoms with Gasteiger partial charge >= 0.3 is 0 Å². The van der Waals surface area contributed by atoms with Crippen LogP contribution in [0.4, 0.5) is 0 Å². The number of nitriles is 1. The molecule has 4 aliphatic carbocycles. The minimum atomic E-state index is 0.602. The predicted molar refractivity (Wildman–Crippen MR) is 108 cm³/mol. The van der Waals surface area contributed by atoms with E-state index in [4.69, 9.17) is 5.26 Å². The lowest BCUT2D eigenvalue weighted by molar-refractivity contribution is -0.114. The molecular weight excluding hydrogens is 314 g/mol. The molecule has 1 unspecified atom stereocenters. The summed E-state index contributed by atoms with van der Waals surface area (Å²) < 4.78 is 0. The molecular formula is C25H41N. The van der Waals surface area contributed by atoms with Crippen molar-refractivity contribution in [3.63, 3.8) is 0 Å². The Balaban J connectivity index is 1.50. The Morgan fingerprint density at radius 2 is 1.73 bits per heavy atom. The first kappa shape index (κ1) is 18.8. The first-order valence-electron chi connectivity index (χ1n) is 11.9. The Kier molecular flexibility index (Phi) is 5.18. The zero-order valence-corrected chi connectivity index (χ0v) is 17.6. The molecule has 1 heteroatoms. The zero-order chi connectivity index (χ0) is 18.4. The summed E-state index contributed by atoms with van der Waals surface area (Å²) in [7, 11) is 0. The van der Waals surface area contributed by atoms with Crippen LogP contribution < -0.4 is 0 Å². The van der Waals surface area contributed by atoms with Crippen LogP contribution in [0.2, 0.25) is 0 Å². The number of rotatable bonds is 4. The smallest absolute Gasteiger partial charge is 0.0621 e. The fourth-order valence-corrected chi connectivity index (χ4v) is 8.97. The van der Waals surface area contributed by atoms with E-state index in [2.05, 4.69) is 26.8 Å². The first-order chi connectivity index (χ1) is 12.5. The molecule has 0 aliphatic heterocycles. The van der Waals surface area contributed by atoms with Gasteiger partial charge in [0.15, 0.2) is 0 Å². The van der Waals surface area contributed by atoms with Crippen molar-refractivity contribution in [2.45, 2.75) is 104 Å². The lowest BCUT2D eigenvalue weighted by Gasteiger charge is -2.61. The largest absolute Gasteiger partial charge is 0.198 e. The summed E-state index contributed by atoms with van der Waals surface area (Å²) in [6.07, 6.45) is 18.3. The van der Waals surface area contributed by atoms with E-state index in [0.717, 1.165) is 48.3 Å². The maximum atomic E-state index is 8.88.